The lowest BCUT2D eigenvalue weighted by Crippen LogP contribution is -2.25. The maximum absolute atomic E-state index is 12.8. The number of carbonyl (C=O) groups excluding carboxylic acids is 1. The second-order valence-corrected chi connectivity index (χ2v) is 7.05. The highest BCUT2D eigenvalue weighted by atomic mass is 16.2. The largest absolute Gasteiger partial charge is 0.328 e. The molecule has 0 saturated carbocycles. The van der Waals surface area contributed by atoms with Gasteiger partial charge in [-0.05, 0) is 18.1 Å². The predicted octanol–water partition coefficient (Wildman–Crippen LogP) is 2.68. The molecule has 0 N–H and O–H groups in total. The molecule has 1 aliphatic rings. The van der Waals surface area contributed by atoms with Gasteiger partial charge in [0, 0.05) is 55.1 Å². The van der Waals surface area contributed by atoms with Crippen LogP contribution in [0.2, 0.25) is 0 Å². The Morgan fingerprint density at radius 2 is 1.93 bits per heavy atom. The van der Waals surface area contributed by atoms with Crippen LogP contribution < -0.4 is 0 Å². The van der Waals surface area contributed by atoms with Crippen LogP contribution in [-0.4, -0.2) is 35.7 Å². The first-order valence-corrected chi connectivity index (χ1v) is 8.95. The van der Waals surface area contributed by atoms with Crippen molar-refractivity contribution >= 4 is 5.91 Å². The van der Waals surface area contributed by atoms with Crippen molar-refractivity contribution in [3.05, 3.63) is 65.8 Å². The fourth-order valence-corrected chi connectivity index (χ4v) is 3.07. The molecular formula is C20H20N6O. The molecule has 0 saturated heterocycles. The van der Waals surface area contributed by atoms with Crippen molar-refractivity contribution in [2.45, 2.75) is 33.4 Å². The topological polar surface area (TPSA) is 84.8 Å². The van der Waals surface area contributed by atoms with Crippen LogP contribution in [0.15, 0.2) is 43.1 Å². The van der Waals surface area contributed by atoms with E-state index in [2.05, 4.69) is 38.8 Å². The van der Waals surface area contributed by atoms with E-state index in [1.165, 1.54) is 0 Å². The molecule has 0 atom stereocenters. The first-order valence-electron chi connectivity index (χ1n) is 8.95. The molecule has 7 heteroatoms. The highest BCUT2D eigenvalue weighted by Crippen LogP contribution is 2.23. The Morgan fingerprint density at radius 1 is 1.11 bits per heavy atom. The van der Waals surface area contributed by atoms with Crippen LogP contribution in [0.1, 0.15) is 41.3 Å². The molecule has 136 valence electrons. The van der Waals surface area contributed by atoms with E-state index in [1.54, 1.807) is 29.7 Å². The van der Waals surface area contributed by atoms with E-state index in [0.29, 0.717) is 30.4 Å². The Balaban J connectivity index is 1.48. The van der Waals surface area contributed by atoms with E-state index in [-0.39, 0.29) is 5.91 Å². The fourth-order valence-electron chi connectivity index (χ4n) is 3.07. The molecule has 0 aromatic carbocycles. The number of aromatic nitrogens is 5. The van der Waals surface area contributed by atoms with E-state index in [1.807, 2.05) is 18.3 Å². The van der Waals surface area contributed by atoms with E-state index in [9.17, 15) is 4.79 Å². The van der Waals surface area contributed by atoms with Gasteiger partial charge >= 0.3 is 0 Å². The van der Waals surface area contributed by atoms with Gasteiger partial charge in [0.05, 0.1) is 17.8 Å². The zero-order valence-corrected chi connectivity index (χ0v) is 15.3. The summed E-state index contributed by atoms with van der Waals surface area (Å²) in [5.74, 6) is 1.78. The standard InChI is InChI=1S/C20H20N6O/c1-13(2)6-18-22-10-16-11-26(12-17(16)25-18)20(27)15-8-23-19(24-9-15)14-4-3-5-21-7-14/h3-5,7-10,13H,6,11-12H2,1-2H3. The van der Waals surface area contributed by atoms with Gasteiger partial charge < -0.3 is 4.90 Å². The van der Waals surface area contributed by atoms with Crippen LogP contribution in [0.25, 0.3) is 11.4 Å². The minimum Gasteiger partial charge on any atom is -0.328 e. The van der Waals surface area contributed by atoms with Crippen molar-refractivity contribution in [2.24, 2.45) is 5.92 Å². The molecule has 7 nitrogen and oxygen atoms in total. The lowest BCUT2D eigenvalue weighted by atomic mass is 10.1. The maximum atomic E-state index is 12.8. The number of carbonyl (C=O) groups is 1. The number of hydrogen-bond donors (Lipinski definition) is 0. The summed E-state index contributed by atoms with van der Waals surface area (Å²) in [6.45, 7) is 5.29. The minimum absolute atomic E-state index is 0.101. The zero-order valence-electron chi connectivity index (χ0n) is 15.3. The van der Waals surface area contributed by atoms with Gasteiger partial charge in [-0.15, -0.1) is 0 Å². The Morgan fingerprint density at radius 3 is 2.63 bits per heavy atom. The van der Waals surface area contributed by atoms with Crippen LogP contribution >= 0.6 is 0 Å². The summed E-state index contributed by atoms with van der Waals surface area (Å²) in [4.78, 5) is 36.3. The minimum atomic E-state index is -0.101. The molecule has 4 heterocycles. The molecule has 1 aliphatic heterocycles. The summed E-state index contributed by atoms with van der Waals surface area (Å²) >= 11 is 0. The van der Waals surface area contributed by atoms with Gasteiger partial charge in [0.25, 0.3) is 5.91 Å². The Hall–Kier alpha value is -3.22. The van der Waals surface area contributed by atoms with E-state index in [0.717, 1.165) is 29.1 Å². The Kier molecular flexibility index (Phi) is 4.58. The van der Waals surface area contributed by atoms with Gasteiger partial charge in [0.2, 0.25) is 0 Å². The Labute approximate surface area is 157 Å². The maximum Gasteiger partial charge on any atom is 0.257 e. The number of amides is 1. The number of rotatable bonds is 4. The molecule has 0 unspecified atom stereocenters. The fraction of sp³-hybridized carbons (Fsp3) is 0.300. The molecule has 3 aromatic heterocycles. The van der Waals surface area contributed by atoms with E-state index < -0.39 is 0 Å². The summed E-state index contributed by atoms with van der Waals surface area (Å²) in [7, 11) is 0. The monoisotopic (exact) mass is 360 g/mol. The molecule has 27 heavy (non-hydrogen) atoms. The highest BCUT2D eigenvalue weighted by molar-refractivity contribution is 5.94. The van der Waals surface area contributed by atoms with Crippen molar-refractivity contribution < 1.29 is 4.79 Å². The SMILES string of the molecule is CC(C)Cc1ncc2c(n1)CN(C(=O)c1cnc(-c3cccnc3)nc1)C2. The molecule has 4 rings (SSSR count). The van der Waals surface area contributed by atoms with Crippen LogP contribution in [0, 0.1) is 5.92 Å². The van der Waals surface area contributed by atoms with Crippen molar-refractivity contribution in [3.63, 3.8) is 0 Å². The summed E-state index contributed by atoms with van der Waals surface area (Å²) in [5.41, 5.74) is 3.22. The molecule has 0 bridgehead atoms. The molecular weight excluding hydrogens is 340 g/mol. The number of nitrogens with zero attached hydrogens (tertiary/aromatic N) is 6. The van der Waals surface area contributed by atoms with Crippen molar-refractivity contribution in [1.82, 2.24) is 29.8 Å². The smallest absolute Gasteiger partial charge is 0.257 e. The quantitative estimate of drug-likeness (QED) is 0.711. The summed E-state index contributed by atoms with van der Waals surface area (Å²) in [5, 5.41) is 0. The van der Waals surface area contributed by atoms with Gasteiger partial charge in [0.1, 0.15) is 5.82 Å². The van der Waals surface area contributed by atoms with E-state index >= 15 is 0 Å². The zero-order chi connectivity index (χ0) is 18.8. The summed E-state index contributed by atoms with van der Waals surface area (Å²) in [6.07, 6.45) is 9.20. The average molecular weight is 360 g/mol. The van der Waals surface area contributed by atoms with Crippen LogP contribution in [0.4, 0.5) is 0 Å². The summed E-state index contributed by atoms with van der Waals surface area (Å²) < 4.78 is 0. The lowest BCUT2D eigenvalue weighted by molar-refractivity contribution is 0.0749. The highest BCUT2D eigenvalue weighted by Gasteiger charge is 2.26. The van der Waals surface area contributed by atoms with Crippen molar-refractivity contribution in [1.29, 1.82) is 0 Å². The first kappa shape index (κ1) is 17.2. The van der Waals surface area contributed by atoms with Crippen molar-refractivity contribution in [3.8, 4) is 11.4 Å². The number of hydrogen-bond acceptors (Lipinski definition) is 6. The van der Waals surface area contributed by atoms with Gasteiger partial charge in [0.15, 0.2) is 5.82 Å². The number of pyridine rings is 1. The third-order valence-electron chi connectivity index (χ3n) is 4.40. The second kappa shape index (κ2) is 7.19. The van der Waals surface area contributed by atoms with Crippen LogP contribution in [0.3, 0.4) is 0 Å². The summed E-state index contributed by atoms with van der Waals surface area (Å²) in [6, 6.07) is 3.71. The third-order valence-corrected chi connectivity index (χ3v) is 4.40. The predicted molar refractivity (Wildman–Crippen MR) is 99.4 cm³/mol. The number of fused-ring (bicyclic) bond motifs is 1. The van der Waals surface area contributed by atoms with Crippen molar-refractivity contribution in [2.75, 3.05) is 0 Å². The third kappa shape index (κ3) is 3.67. The molecule has 3 aromatic rings. The first-order chi connectivity index (χ1) is 13.1. The average Bonchev–Trinajstić information content (AvgIpc) is 3.11. The molecule has 0 aliphatic carbocycles. The van der Waals surface area contributed by atoms with Crippen LogP contribution in [0.5, 0.6) is 0 Å². The van der Waals surface area contributed by atoms with Gasteiger partial charge in [-0.2, -0.15) is 0 Å². The lowest BCUT2D eigenvalue weighted by Gasteiger charge is -2.14. The van der Waals surface area contributed by atoms with Crippen LogP contribution in [-0.2, 0) is 19.5 Å². The molecule has 1 amide bonds. The molecule has 0 radical (unpaired) electrons. The molecule has 0 fully saturated rings. The second-order valence-electron chi connectivity index (χ2n) is 7.05. The van der Waals surface area contributed by atoms with Gasteiger partial charge in [-0.3, -0.25) is 9.78 Å². The van der Waals surface area contributed by atoms with Gasteiger partial charge in [-0.1, -0.05) is 13.8 Å². The molecule has 0 spiro atoms. The Bertz CT molecular complexity index is 956. The van der Waals surface area contributed by atoms with Gasteiger partial charge in [-0.25, -0.2) is 19.9 Å². The normalized spacial score (nSPS) is 13.1. The van der Waals surface area contributed by atoms with E-state index in [4.69, 9.17) is 0 Å².